The molecule has 4 rings (SSSR count). The third kappa shape index (κ3) is 6.68. The predicted molar refractivity (Wildman–Crippen MR) is 145 cm³/mol. The number of carbonyl (C=O) groups is 1. The summed E-state index contributed by atoms with van der Waals surface area (Å²) >= 11 is 7.50. The SMILES string of the molecule is COc1nc(Nc2cc(C)cc(-c3cnc([C@]4(O)CCCN(C(=O)OC(C)(C)C)CC4)s3)c2)ncc1Cl. The molecular weight excluding hydrogens is 514 g/mol. The summed E-state index contributed by atoms with van der Waals surface area (Å²) in [6, 6.07) is 6.03. The number of aryl methyl sites for hydroxylation is 1. The van der Waals surface area contributed by atoms with Gasteiger partial charge >= 0.3 is 6.09 Å². The average Bonchev–Trinajstić information content (AvgIpc) is 3.24. The molecule has 0 spiro atoms. The maximum atomic E-state index is 12.5. The minimum atomic E-state index is -1.10. The van der Waals surface area contributed by atoms with Gasteiger partial charge in [0.25, 0.3) is 0 Å². The third-order valence-corrected chi connectivity index (χ3v) is 7.39. The number of aromatic nitrogens is 3. The van der Waals surface area contributed by atoms with E-state index < -0.39 is 11.2 Å². The summed E-state index contributed by atoms with van der Waals surface area (Å²) in [5, 5.41) is 15.7. The van der Waals surface area contributed by atoms with Crippen LogP contribution < -0.4 is 10.1 Å². The number of nitrogens with zero attached hydrogens (tertiary/aromatic N) is 4. The largest absolute Gasteiger partial charge is 0.480 e. The van der Waals surface area contributed by atoms with Crippen molar-refractivity contribution < 1.29 is 19.4 Å². The Labute approximate surface area is 225 Å². The Morgan fingerprint density at radius 1 is 1.19 bits per heavy atom. The Balaban J connectivity index is 1.51. The van der Waals surface area contributed by atoms with E-state index in [0.717, 1.165) is 21.7 Å². The first kappa shape index (κ1) is 27.1. The van der Waals surface area contributed by atoms with E-state index in [1.54, 1.807) is 11.1 Å². The fourth-order valence-corrected chi connectivity index (χ4v) is 5.36. The highest BCUT2D eigenvalue weighted by atomic mass is 35.5. The fourth-order valence-electron chi connectivity index (χ4n) is 4.15. The van der Waals surface area contributed by atoms with Crippen LogP contribution in [0.5, 0.6) is 5.88 Å². The van der Waals surface area contributed by atoms with Crippen molar-refractivity contribution >= 4 is 40.7 Å². The number of thiazole rings is 1. The molecule has 198 valence electrons. The van der Waals surface area contributed by atoms with Crippen molar-refractivity contribution in [2.75, 3.05) is 25.5 Å². The summed E-state index contributed by atoms with van der Waals surface area (Å²) < 4.78 is 10.7. The zero-order chi connectivity index (χ0) is 26.8. The molecule has 1 aromatic carbocycles. The van der Waals surface area contributed by atoms with Gasteiger partial charge in [0.1, 0.15) is 21.2 Å². The Kier molecular flexibility index (Phi) is 7.91. The van der Waals surface area contributed by atoms with Gasteiger partial charge in [-0.15, -0.1) is 11.3 Å². The average molecular weight is 546 g/mol. The molecule has 9 nitrogen and oxygen atoms in total. The highest BCUT2D eigenvalue weighted by Crippen LogP contribution is 2.39. The third-order valence-electron chi connectivity index (χ3n) is 5.89. The van der Waals surface area contributed by atoms with Crippen LogP contribution >= 0.6 is 22.9 Å². The first-order valence-corrected chi connectivity index (χ1v) is 13.3. The van der Waals surface area contributed by atoms with Crippen LogP contribution in [-0.4, -0.2) is 56.9 Å². The summed E-state index contributed by atoms with van der Waals surface area (Å²) in [5.41, 5.74) is 1.14. The molecule has 1 saturated heterocycles. The maximum Gasteiger partial charge on any atom is 0.410 e. The van der Waals surface area contributed by atoms with Gasteiger partial charge in [0.05, 0.1) is 18.2 Å². The number of hydrogen-bond donors (Lipinski definition) is 2. The van der Waals surface area contributed by atoms with Crippen molar-refractivity contribution in [3.05, 3.63) is 46.2 Å². The first-order valence-electron chi connectivity index (χ1n) is 12.1. The monoisotopic (exact) mass is 545 g/mol. The Hall–Kier alpha value is -2.95. The quantitative estimate of drug-likeness (QED) is 0.406. The summed E-state index contributed by atoms with van der Waals surface area (Å²) in [6.07, 6.45) is 4.51. The van der Waals surface area contributed by atoms with Crippen molar-refractivity contribution in [3.63, 3.8) is 0 Å². The zero-order valence-electron chi connectivity index (χ0n) is 21.7. The second-order valence-corrected chi connectivity index (χ2v) is 11.6. The molecule has 37 heavy (non-hydrogen) atoms. The molecule has 11 heteroatoms. The van der Waals surface area contributed by atoms with Gasteiger partial charge in [-0.2, -0.15) is 4.98 Å². The molecule has 1 fully saturated rings. The number of hydrogen-bond acceptors (Lipinski definition) is 9. The number of likely N-dealkylation sites (tertiary alicyclic amines) is 1. The van der Waals surface area contributed by atoms with Gasteiger partial charge in [-0.25, -0.2) is 14.8 Å². The number of ether oxygens (including phenoxy) is 2. The number of amides is 1. The zero-order valence-corrected chi connectivity index (χ0v) is 23.2. The second kappa shape index (κ2) is 10.8. The molecule has 0 saturated carbocycles. The normalized spacial score (nSPS) is 18.3. The lowest BCUT2D eigenvalue weighted by molar-refractivity contribution is 0.0127. The molecule has 0 aliphatic carbocycles. The van der Waals surface area contributed by atoms with E-state index in [1.165, 1.54) is 24.6 Å². The van der Waals surface area contributed by atoms with Crippen LogP contribution in [-0.2, 0) is 10.3 Å². The standard InChI is InChI=1S/C26H32ClN5O4S/c1-16-11-17(13-18(12-16)30-23-29-14-19(27)21(31-23)35-5)20-15-28-22(37-20)26(34)7-6-9-32(10-8-26)24(33)36-25(2,3)4/h11-15,34H,6-10H2,1-5H3,(H,29,30,31)/t26-/m0/s1. The van der Waals surface area contributed by atoms with Gasteiger partial charge < -0.3 is 24.8 Å². The lowest BCUT2D eigenvalue weighted by atomic mass is 9.96. The number of benzene rings is 1. The van der Waals surface area contributed by atoms with Crippen molar-refractivity contribution in [3.8, 4) is 16.3 Å². The number of anilines is 2. The summed E-state index contributed by atoms with van der Waals surface area (Å²) in [7, 11) is 1.50. The lowest BCUT2D eigenvalue weighted by Crippen LogP contribution is -2.38. The number of carbonyl (C=O) groups excluding carboxylic acids is 1. The molecule has 3 aromatic rings. The molecular formula is C26H32ClN5O4S. The minimum absolute atomic E-state index is 0.293. The van der Waals surface area contributed by atoms with E-state index in [9.17, 15) is 9.90 Å². The van der Waals surface area contributed by atoms with Crippen LogP contribution in [0.25, 0.3) is 10.4 Å². The summed E-state index contributed by atoms with van der Waals surface area (Å²) in [6.45, 7) is 8.50. The van der Waals surface area contributed by atoms with Crippen molar-refractivity contribution in [2.24, 2.45) is 0 Å². The summed E-state index contributed by atoms with van der Waals surface area (Å²) in [5.74, 6) is 0.658. The number of rotatable bonds is 5. The van der Waals surface area contributed by atoms with Gasteiger partial charge in [0.2, 0.25) is 11.8 Å². The highest BCUT2D eigenvalue weighted by Gasteiger charge is 2.36. The molecule has 1 aliphatic heterocycles. The smallest absolute Gasteiger partial charge is 0.410 e. The number of nitrogens with one attached hydrogen (secondary N) is 1. The number of halogens is 1. The van der Waals surface area contributed by atoms with Gasteiger partial charge in [-0.05, 0) is 63.8 Å². The van der Waals surface area contributed by atoms with Gasteiger partial charge in [0.15, 0.2) is 0 Å². The summed E-state index contributed by atoms with van der Waals surface area (Å²) in [4.78, 5) is 28.2. The Morgan fingerprint density at radius 3 is 2.70 bits per heavy atom. The molecule has 0 unspecified atom stereocenters. The fraction of sp³-hybridized carbons (Fsp3) is 0.462. The second-order valence-electron chi connectivity index (χ2n) is 10.1. The van der Waals surface area contributed by atoms with Crippen LogP contribution in [0, 0.1) is 6.92 Å². The van der Waals surface area contributed by atoms with Crippen LogP contribution in [0.1, 0.15) is 50.6 Å². The maximum absolute atomic E-state index is 12.5. The molecule has 2 N–H and O–H groups in total. The first-order chi connectivity index (χ1) is 17.5. The van der Waals surface area contributed by atoms with Crippen LogP contribution in [0.2, 0.25) is 5.02 Å². The predicted octanol–water partition coefficient (Wildman–Crippen LogP) is 5.92. The van der Waals surface area contributed by atoms with E-state index in [-0.39, 0.29) is 6.09 Å². The van der Waals surface area contributed by atoms with E-state index in [0.29, 0.717) is 54.2 Å². The molecule has 1 atom stereocenters. The van der Waals surface area contributed by atoms with E-state index >= 15 is 0 Å². The molecule has 0 radical (unpaired) electrons. The topological polar surface area (TPSA) is 110 Å². The van der Waals surface area contributed by atoms with E-state index in [1.807, 2.05) is 39.8 Å². The Bertz CT molecular complexity index is 1280. The lowest BCUT2D eigenvalue weighted by Gasteiger charge is -2.27. The number of methoxy groups -OCH3 is 1. The molecule has 3 heterocycles. The van der Waals surface area contributed by atoms with E-state index in [4.69, 9.17) is 21.1 Å². The molecule has 2 aromatic heterocycles. The van der Waals surface area contributed by atoms with Crippen molar-refractivity contribution in [1.29, 1.82) is 0 Å². The van der Waals surface area contributed by atoms with Crippen LogP contribution in [0.15, 0.2) is 30.6 Å². The van der Waals surface area contributed by atoms with Crippen LogP contribution in [0.4, 0.5) is 16.4 Å². The van der Waals surface area contributed by atoms with E-state index in [2.05, 4.69) is 26.3 Å². The number of aliphatic hydroxyl groups is 1. The Morgan fingerprint density at radius 2 is 1.97 bits per heavy atom. The molecule has 0 bridgehead atoms. The molecule has 1 amide bonds. The molecule has 1 aliphatic rings. The van der Waals surface area contributed by atoms with Gasteiger partial charge in [0, 0.05) is 31.4 Å². The van der Waals surface area contributed by atoms with Gasteiger partial charge in [-0.1, -0.05) is 17.7 Å². The van der Waals surface area contributed by atoms with Crippen molar-refractivity contribution in [2.45, 2.75) is 58.2 Å². The van der Waals surface area contributed by atoms with Crippen molar-refractivity contribution in [1.82, 2.24) is 19.9 Å². The van der Waals surface area contributed by atoms with Gasteiger partial charge in [-0.3, -0.25) is 0 Å². The minimum Gasteiger partial charge on any atom is -0.480 e. The van der Waals surface area contributed by atoms with Crippen LogP contribution in [0.3, 0.4) is 0 Å². The highest BCUT2D eigenvalue weighted by molar-refractivity contribution is 7.15.